The number of amides is 1. The van der Waals surface area contributed by atoms with Gasteiger partial charge in [0, 0.05) is 17.3 Å². The molecule has 0 saturated heterocycles. The van der Waals surface area contributed by atoms with Gasteiger partial charge in [0.15, 0.2) is 0 Å². The third kappa shape index (κ3) is 4.32. The van der Waals surface area contributed by atoms with Crippen molar-refractivity contribution in [3.8, 4) is 0 Å². The van der Waals surface area contributed by atoms with Crippen molar-refractivity contribution in [2.24, 2.45) is 5.73 Å². The van der Waals surface area contributed by atoms with Crippen LogP contribution in [0.25, 0.3) is 0 Å². The average molecular weight is 306 g/mol. The van der Waals surface area contributed by atoms with E-state index >= 15 is 0 Å². The number of carbonyl (C=O) groups excluding carboxylic acids is 1. The van der Waals surface area contributed by atoms with E-state index in [1.165, 1.54) is 0 Å². The molecule has 0 aliphatic heterocycles. The van der Waals surface area contributed by atoms with Gasteiger partial charge in [0.05, 0.1) is 6.42 Å². The molecule has 0 heterocycles. The molecule has 3 nitrogen and oxygen atoms in total. The van der Waals surface area contributed by atoms with Gasteiger partial charge in [0.25, 0.3) is 0 Å². The summed E-state index contributed by atoms with van der Waals surface area (Å²) in [6.07, 6.45) is 0.0791. The van der Waals surface area contributed by atoms with Gasteiger partial charge in [-0.1, -0.05) is 36.5 Å². The van der Waals surface area contributed by atoms with Gasteiger partial charge >= 0.3 is 0 Å². The fourth-order valence-electron chi connectivity index (χ4n) is 1.80. The van der Waals surface area contributed by atoms with Crippen molar-refractivity contribution in [3.05, 3.63) is 65.2 Å². The van der Waals surface area contributed by atoms with Crippen molar-refractivity contribution in [2.75, 3.05) is 5.32 Å². The van der Waals surface area contributed by atoms with Crippen molar-refractivity contribution in [2.45, 2.75) is 6.42 Å². The number of rotatable bonds is 4. The lowest BCUT2D eigenvalue weighted by Gasteiger charge is -2.06. The number of halogens is 2. The van der Waals surface area contributed by atoms with Crippen molar-refractivity contribution in [3.63, 3.8) is 0 Å². The van der Waals surface area contributed by atoms with E-state index in [0.717, 1.165) is 23.8 Å². The smallest absolute Gasteiger partial charge is 0.228 e. The van der Waals surface area contributed by atoms with Crippen LogP contribution in [0.4, 0.5) is 14.5 Å². The number of carbonyl (C=O) groups is 1. The fourth-order valence-corrected chi connectivity index (χ4v) is 1.94. The highest BCUT2D eigenvalue weighted by atomic mass is 32.1. The van der Waals surface area contributed by atoms with E-state index in [4.69, 9.17) is 18.0 Å². The minimum Gasteiger partial charge on any atom is -0.389 e. The van der Waals surface area contributed by atoms with Gasteiger partial charge in [0.1, 0.15) is 16.6 Å². The summed E-state index contributed by atoms with van der Waals surface area (Å²) < 4.78 is 26.0. The van der Waals surface area contributed by atoms with Gasteiger partial charge in [0.2, 0.25) is 5.91 Å². The Kier molecular flexibility index (Phi) is 4.59. The summed E-state index contributed by atoms with van der Waals surface area (Å²) in [7, 11) is 0. The normalized spacial score (nSPS) is 10.2. The summed E-state index contributed by atoms with van der Waals surface area (Å²) in [5, 5.41) is 2.44. The molecule has 2 aromatic rings. The van der Waals surface area contributed by atoms with Crippen LogP contribution in [0, 0.1) is 11.6 Å². The summed E-state index contributed by atoms with van der Waals surface area (Å²) >= 11 is 4.83. The first-order valence-corrected chi connectivity index (χ1v) is 6.49. The molecule has 0 fully saturated rings. The van der Waals surface area contributed by atoms with Crippen LogP contribution in [0.5, 0.6) is 0 Å². The van der Waals surface area contributed by atoms with Crippen LogP contribution >= 0.6 is 12.2 Å². The highest BCUT2D eigenvalue weighted by molar-refractivity contribution is 7.80. The van der Waals surface area contributed by atoms with Crippen molar-refractivity contribution in [1.29, 1.82) is 0 Å². The molecule has 0 bridgehead atoms. The maximum atomic E-state index is 13.0. The van der Waals surface area contributed by atoms with Gasteiger partial charge < -0.3 is 11.1 Å². The predicted molar refractivity (Wildman–Crippen MR) is 81.0 cm³/mol. The lowest BCUT2D eigenvalue weighted by molar-refractivity contribution is -0.115. The molecule has 0 atom stereocenters. The van der Waals surface area contributed by atoms with Crippen LogP contribution < -0.4 is 11.1 Å². The Morgan fingerprint density at radius 1 is 1.10 bits per heavy atom. The van der Waals surface area contributed by atoms with Crippen LogP contribution in [0.1, 0.15) is 11.1 Å². The summed E-state index contributed by atoms with van der Waals surface area (Å²) in [4.78, 5) is 12.1. The third-order valence-corrected chi connectivity index (χ3v) is 2.99. The zero-order valence-corrected chi connectivity index (χ0v) is 11.7. The van der Waals surface area contributed by atoms with Gasteiger partial charge in [-0.2, -0.15) is 0 Å². The van der Waals surface area contributed by atoms with E-state index in [2.05, 4.69) is 5.32 Å². The average Bonchev–Trinajstić information content (AvgIpc) is 2.37. The first-order valence-electron chi connectivity index (χ1n) is 6.09. The van der Waals surface area contributed by atoms with Gasteiger partial charge in [-0.05, 0) is 17.7 Å². The SMILES string of the molecule is NC(=S)c1ccc(CC(=O)Nc2cc(F)cc(F)c2)cc1. The second-order valence-electron chi connectivity index (χ2n) is 4.44. The van der Waals surface area contributed by atoms with E-state index in [0.29, 0.717) is 5.56 Å². The topological polar surface area (TPSA) is 55.1 Å². The summed E-state index contributed by atoms with van der Waals surface area (Å²) in [6, 6.07) is 9.72. The minimum atomic E-state index is -0.744. The maximum absolute atomic E-state index is 13.0. The first kappa shape index (κ1) is 15.1. The maximum Gasteiger partial charge on any atom is 0.228 e. The number of anilines is 1. The second kappa shape index (κ2) is 6.41. The number of hydrogen-bond donors (Lipinski definition) is 2. The lowest BCUT2D eigenvalue weighted by Crippen LogP contribution is -2.15. The first-order chi connectivity index (χ1) is 9.94. The fraction of sp³-hybridized carbons (Fsp3) is 0.0667. The number of benzene rings is 2. The molecule has 108 valence electrons. The molecule has 0 aromatic heterocycles. The molecule has 0 saturated carbocycles. The molecule has 0 aliphatic carbocycles. The van der Waals surface area contributed by atoms with Crippen LogP contribution in [-0.4, -0.2) is 10.9 Å². The Balaban J connectivity index is 2.02. The third-order valence-electron chi connectivity index (χ3n) is 2.75. The minimum absolute atomic E-state index is 0.0791. The van der Waals surface area contributed by atoms with Crippen LogP contribution in [-0.2, 0) is 11.2 Å². The number of nitrogens with one attached hydrogen (secondary N) is 1. The Hall–Kier alpha value is -2.34. The van der Waals surface area contributed by atoms with Gasteiger partial charge in [-0.15, -0.1) is 0 Å². The van der Waals surface area contributed by atoms with Gasteiger partial charge in [-0.25, -0.2) is 8.78 Å². The van der Waals surface area contributed by atoms with E-state index in [-0.39, 0.29) is 23.0 Å². The standard InChI is InChI=1S/C15H12F2N2OS/c16-11-6-12(17)8-13(7-11)19-14(20)5-9-1-3-10(4-2-9)15(18)21/h1-4,6-8H,5H2,(H2,18,21)(H,19,20). The number of nitrogens with two attached hydrogens (primary N) is 1. The monoisotopic (exact) mass is 306 g/mol. The summed E-state index contributed by atoms with van der Waals surface area (Å²) in [5.41, 5.74) is 7.01. The molecule has 2 rings (SSSR count). The van der Waals surface area contributed by atoms with Crippen LogP contribution in [0.3, 0.4) is 0 Å². The molecule has 2 aromatic carbocycles. The molecule has 0 spiro atoms. The Morgan fingerprint density at radius 3 is 2.19 bits per heavy atom. The summed E-state index contributed by atoms with van der Waals surface area (Å²) in [6.45, 7) is 0. The molecule has 0 aliphatic rings. The predicted octanol–water partition coefficient (Wildman–Crippen LogP) is 2.78. The van der Waals surface area contributed by atoms with E-state index in [9.17, 15) is 13.6 Å². The number of thiocarbonyl (C=S) groups is 1. The highest BCUT2D eigenvalue weighted by Crippen LogP contribution is 2.13. The highest BCUT2D eigenvalue weighted by Gasteiger charge is 2.07. The van der Waals surface area contributed by atoms with Crippen LogP contribution in [0.2, 0.25) is 0 Å². The zero-order chi connectivity index (χ0) is 15.4. The quantitative estimate of drug-likeness (QED) is 0.854. The molecule has 1 amide bonds. The van der Waals surface area contributed by atoms with Crippen molar-refractivity contribution < 1.29 is 13.6 Å². The molecule has 0 unspecified atom stereocenters. The van der Waals surface area contributed by atoms with Crippen LogP contribution in [0.15, 0.2) is 42.5 Å². The Labute approximate surface area is 125 Å². The van der Waals surface area contributed by atoms with Gasteiger partial charge in [-0.3, -0.25) is 4.79 Å². The molecular formula is C15H12F2N2OS. The summed E-state index contributed by atoms with van der Waals surface area (Å²) in [5.74, 6) is -1.86. The van der Waals surface area contributed by atoms with Crippen molar-refractivity contribution in [1.82, 2.24) is 0 Å². The van der Waals surface area contributed by atoms with E-state index < -0.39 is 11.6 Å². The molecule has 0 radical (unpaired) electrons. The Morgan fingerprint density at radius 2 is 1.67 bits per heavy atom. The largest absolute Gasteiger partial charge is 0.389 e. The molecular weight excluding hydrogens is 294 g/mol. The van der Waals surface area contributed by atoms with E-state index in [1.54, 1.807) is 24.3 Å². The molecule has 21 heavy (non-hydrogen) atoms. The number of hydrogen-bond acceptors (Lipinski definition) is 2. The second-order valence-corrected chi connectivity index (χ2v) is 4.88. The lowest BCUT2D eigenvalue weighted by atomic mass is 10.1. The van der Waals surface area contributed by atoms with Crippen molar-refractivity contribution >= 4 is 28.8 Å². The molecule has 3 N–H and O–H groups in total. The van der Waals surface area contributed by atoms with E-state index in [1.807, 2.05) is 0 Å². The molecule has 6 heteroatoms. The zero-order valence-electron chi connectivity index (χ0n) is 10.9. The Bertz CT molecular complexity index is 666.